The van der Waals surface area contributed by atoms with Crippen LogP contribution in [0.15, 0.2) is 63.7 Å². The van der Waals surface area contributed by atoms with Gasteiger partial charge in [-0.2, -0.15) is 13.5 Å². The van der Waals surface area contributed by atoms with Crippen LogP contribution in [0, 0.1) is 17.0 Å². The molecule has 138 valence electrons. The molecule has 0 amide bonds. The number of fused-ring (bicyclic) bond motifs is 1. The summed E-state index contributed by atoms with van der Waals surface area (Å²) in [6.45, 7) is 1.54. The summed E-state index contributed by atoms with van der Waals surface area (Å²) in [4.78, 5) is 9.94. The predicted octanol–water partition coefficient (Wildman–Crippen LogP) is 4.42. The molecule has 3 aromatic carbocycles. The first-order valence-electron chi connectivity index (χ1n) is 7.57. The van der Waals surface area contributed by atoms with E-state index in [2.05, 4.69) is 10.2 Å². The van der Waals surface area contributed by atoms with Crippen molar-refractivity contribution in [1.82, 2.24) is 0 Å². The number of nitrogens with zero attached hydrogens (tertiary/aromatic N) is 3. The van der Waals surface area contributed by atoms with E-state index in [0.717, 1.165) is 0 Å². The number of nitro groups is 1. The Labute approximate surface area is 153 Å². The first-order valence-corrected chi connectivity index (χ1v) is 9.01. The number of phenolic OH excluding ortho intramolecular Hbond substituents is 1. The number of hydrogen-bond acceptors (Lipinski definition) is 7. The molecule has 0 saturated carbocycles. The minimum atomic E-state index is -4.56. The number of aryl methyl sites for hydroxylation is 1. The van der Waals surface area contributed by atoms with Gasteiger partial charge >= 0.3 is 0 Å². The minimum Gasteiger partial charge on any atom is -0.506 e. The minimum absolute atomic E-state index is 0.0161. The largest absolute Gasteiger partial charge is 0.506 e. The molecule has 0 aliphatic carbocycles. The topological polar surface area (TPSA) is 142 Å². The van der Waals surface area contributed by atoms with Crippen LogP contribution in [-0.2, 0) is 10.1 Å². The average molecular weight is 387 g/mol. The van der Waals surface area contributed by atoms with Crippen LogP contribution in [0.3, 0.4) is 0 Å². The molecule has 0 fully saturated rings. The second-order valence-electron chi connectivity index (χ2n) is 5.69. The Hall–Kier alpha value is -3.37. The number of aromatic hydroxyl groups is 1. The molecule has 0 unspecified atom stereocenters. The van der Waals surface area contributed by atoms with Gasteiger partial charge in [-0.15, -0.1) is 5.11 Å². The van der Waals surface area contributed by atoms with Crippen molar-refractivity contribution in [1.29, 1.82) is 0 Å². The van der Waals surface area contributed by atoms with Gasteiger partial charge in [-0.3, -0.25) is 14.7 Å². The Balaban J connectivity index is 2.17. The van der Waals surface area contributed by atoms with E-state index in [1.54, 1.807) is 13.0 Å². The van der Waals surface area contributed by atoms with Gasteiger partial charge in [-0.1, -0.05) is 18.2 Å². The van der Waals surface area contributed by atoms with Gasteiger partial charge in [0.1, 0.15) is 16.3 Å². The van der Waals surface area contributed by atoms with Crippen LogP contribution >= 0.6 is 0 Å². The van der Waals surface area contributed by atoms with Crippen LogP contribution in [0.5, 0.6) is 5.75 Å². The zero-order valence-corrected chi connectivity index (χ0v) is 14.7. The van der Waals surface area contributed by atoms with Crippen molar-refractivity contribution in [3.05, 3.63) is 64.2 Å². The van der Waals surface area contributed by atoms with E-state index in [4.69, 9.17) is 0 Å². The molecule has 3 aromatic rings. The normalized spacial score (nSPS) is 11.9. The average Bonchev–Trinajstić information content (AvgIpc) is 2.59. The molecular weight excluding hydrogens is 374 g/mol. The number of benzene rings is 3. The highest BCUT2D eigenvalue weighted by atomic mass is 32.2. The molecule has 0 heterocycles. The van der Waals surface area contributed by atoms with Gasteiger partial charge < -0.3 is 5.11 Å². The third-order valence-corrected chi connectivity index (χ3v) is 4.78. The summed E-state index contributed by atoms with van der Waals surface area (Å²) in [5.41, 5.74) is 0.434. The fourth-order valence-electron chi connectivity index (χ4n) is 2.65. The zero-order valence-electron chi connectivity index (χ0n) is 13.9. The summed E-state index contributed by atoms with van der Waals surface area (Å²) < 4.78 is 32.8. The molecule has 0 aromatic heterocycles. The van der Waals surface area contributed by atoms with Gasteiger partial charge in [0.2, 0.25) is 0 Å². The molecule has 0 spiro atoms. The van der Waals surface area contributed by atoms with Crippen molar-refractivity contribution in [3.63, 3.8) is 0 Å². The van der Waals surface area contributed by atoms with E-state index in [1.165, 1.54) is 42.5 Å². The number of nitro benzene ring substituents is 1. The summed E-state index contributed by atoms with van der Waals surface area (Å²) in [5.74, 6) is -0.332. The van der Waals surface area contributed by atoms with Gasteiger partial charge in [-0.25, -0.2) is 0 Å². The second kappa shape index (κ2) is 6.74. The highest BCUT2D eigenvalue weighted by Gasteiger charge is 2.19. The Morgan fingerprint density at radius 1 is 1.07 bits per heavy atom. The van der Waals surface area contributed by atoms with Crippen LogP contribution in [0.4, 0.5) is 17.1 Å². The van der Waals surface area contributed by atoms with Crippen molar-refractivity contribution in [2.45, 2.75) is 11.8 Å². The van der Waals surface area contributed by atoms with Crippen molar-refractivity contribution in [2.24, 2.45) is 10.2 Å². The summed E-state index contributed by atoms with van der Waals surface area (Å²) in [7, 11) is -4.56. The van der Waals surface area contributed by atoms with Crippen molar-refractivity contribution < 1.29 is 23.0 Å². The third kappa shape index (κ3) is 3.61. The van der Waals surface area contributed by atoms with E-state index in [1.807, 2.05) is 0 Å². The maximum absolute atomic E-state index is 11.7. The van der Waals surface area contributed by atoms with Crippen molar-refractivity contribution in [3.8, 4) is 5.75 Å². The molecular formula is C17H13N3O6S. The first kappa shape index (κ1) is 18.4. The maximum atomic E-state index is 11.7. The second-order valence-corrected chi connectivity index (χ2v) is 7.08. The van der Waals surface area contributed by atoms with Crippen molar-refractivity contribution >= 4 is 38.0 Å². The highest BCUT2D eigenvalue weighted by molar-refractivity contribution is 7.86. The zero-order chi connectivity index (χ0) is 19.8. The molecule has 0 bridgehead atoms. The van der Waals surface area contributed by atoms with Gasteiger partial charge in [0.05, 0.1) is 10.6 Å². The predicted molar refractivity (Wildman–Crippen MR) is 97.4 cm³/mol. The van der Waals surface area contributed by atoms with Crippen LogP contribution in [-0.4, -0.2) is 23.0 Å². The lowest BCUT2D eigenvalue weighted by atomic mass is 10.1. The summed E-state index contributed by atoms with van der Waals surface area (Å²) >= 11 is 0. The highest BCUT2D eigenvalue weighted by Crippen LogP contribution is 2.39. The smallest absolute Gasteiger partial charge is 0.295 e. The summed E-state index contributed by atoms with van der Waals surface area (Å²) in [6.07, 6.45) is 0. The van der Waals surface area contributed by atoms with Crippen LogP contribution < -0.4 is 0 Å². The molecule has 2 N–H and O–H groups in total. The van der Waals surface area contributed by atoms with Crippen molar-refractivity contribution in [2.75, 3.05) is 0 Å². The van der Waals surface area contributed by atoms with E-state index in [-0.39, 0.29) is 28.2 Å². The van der Waals surface area contributed by atoms with Crippen LogP contribution in [0.25, 0.3) is 10.8 Å². The van der Waals surface area contributed by atoms with E-state index in [9.17, 15) is 28.2 Å². The number of phenols is 1. The SMILES string of the molecule is Cc1cc(N=Nc2c(O)ccc3cccc(S(=O)(=O)O)c23)ccc1[N+](=O)[O-]. The number of rotatable bonds is 4. The lowest BCUT2D eigenvalue weighted by Crippen LogP contribution is -1.99. The lowest BCUT2D eigenvalue weighted by Gasteiger charge is -2.08. The molecule has 0 atom stereocenters. The molecule has 10 heteroatoms. The third-order valence-electron chi connectivity index (χ3n) is 3.88. The standard InChI is InChI=1S/C17H13N3O6S/c1-10-9-12(6-7-13(10)20(22)23)18-19-17-14(21)8-5-11-3-2-4-15(16(11)17)27(24,25)26/h2-9,21H,1H3,(H,24,25,26). The first-order chi connectivity index (χ1) is 12.7. The Morgan fingerprint density at radius 3 is 2.44 bits per heavy atom. The van der Waals surface area contributed by atoms with Gasteiger partial charge in [0, 0.05) is 17.0 Å². The molecule has 0 saturated heterocycles. The lowest BCUT2D eigenvalue weighted by molar-refractivity contribution is -0.385. The Bertz CT molecular complexity index is 1200. The van der Waals surface area contributed by atoms with Crippen LogP contribution in [0.2, 0.25) is 0 Å². The molecule has 9 nitrogen and oxygen atoms in total. The monoisotopic (exact) mass is 387 g/mol. The summed E-state index contributed by atoms with van der Waals surface area (Å²) in [6, 6.07) is 11.1. The fraction of sp³-hybridized carbons (Fsp3) is 0.0588. The van der Waals surface area contributed by atoms with E-state index < -0.39 is 19.9 Å². The van der Waals surface area contributed by atoms with Gasteiger partial charge in [0.25, 0.3) is 15.8 Å². The van der Waals surface area contributed by atoms with Gasteiger partial charge in [0.15, 0.2) is 0 Å². The molecule has 0 radical (unpaired) electrons. The molecule has 0 aliphatic rings. The van der Waals surface area contributed by atoms with Gasteiger partial charge in [-0.05, 0) is 36.6 Å². The maximum Gasteiger partial charge on any atom is 0.295 e. The number of azo groups is 1. The molecule has 3 rings (SSSR count). The fourth-order valence-corrected chi connectivity index (χ4v) is 3.37. The molecule has 0 aliphatic heterocycles. The van der Waals surface area contributed by atoms with E-state index >= 15 is 0 Å². The number of hydrogen-bond donors (Lipinski definition) is 2. The molecule has 27 heavy (non-hydrogen) atoms. The Morgan fingerprint density at radius 2 is 1.81 bits per heavy atom. The summed E-state index contributed by atoms with van der Waals surface area (Å²) in [5, 5.41) is 29.3. The van der Waals surface area contributed by atoms with Crippen LogP contribution in [0.1, 0.15) is 5.56 Å². The van der Waals surface area contributed by atoms with E-state index in [0.29, 0.717) is 10.9 Å². The quantitative estimate of drug-likeness (QED) is 0.293. The Kier molecular flexibility index (Phi) is 4.60.